The molecule has 0 heterocycles. The Morgan fingerprint density at radius 2 is 1.94 bits per heavy atom. The Hall–Kier alpha value is -1.31. The molecule has 0 unspecified atom stereocenters. The van der Waals surface area contributed by atoms with Gasteiger partial charge in [0.25, 0.3) is 0 Å². The molecule has 1 aliphatic carbocycles. The van der Waals surface area contributed by atoms with E-state index in [0.29, 0.717) is 0 Å². The predicted octanol–water partition coefficient (Wildman–Crippen LogP) is 3.77. The molecule has 1 aliphatic rings. The fourth-order valence-corrected chi connectivity index (χ4v) is 2.59. The average Bonchev–Trinajstić information content (AvgIpc) is 2.39. The number of ether oxygens (including phenoxy) is 1. The van der Waals surface area contributed by atoms with E-state index in [1.807, 2.05) is 25.1 Å². The van der Waals surface area contributed by atoms with Crippen LogP contribution in [0.3, 0.4) is 0 Å². The SMILES string of the molecule is COc1cc(C)ccc1C(=O)C1CCCCC1. The van der Waals surface area contributed by atoms with Gasteiger partial charge in [-0.2, -0.15) is 0 Å². The lowest BCUT2D eigenvalue weighted by molar-refractivity contribution is 0.0886. The minimum absolute atomic E-state index is 0.209. The van der Waals surface area contributed by atoms with Crippen LogP contribution in [0.2, 0.25) is 0 Å². The van der Waals surface area contributed by atoms with Crippen LogP contribution in [-0.4, -0.2) is 12.9 Å². The van der Waals surface area contributed by atoms with Gasteiger partial charge in [0.1, 0.15) is 5.75 Å². The van der Waals surface area contributed by atoms with Crippen LogP contribution < -0.4 is 4.74 Å². The van der Waals surface area contributed by atoms with E-state index >= 15 is 0 Å². The molecule has 0 radical (unpaired) electrons. The number of aryl methyl sites for hydroxylation is 1. The molecule has 0 aromatic heterocycles. The fraction of sp³-hybridized carbons (Fsp3) is 0.533. The van der Waals surface area contributed by atoms with Crippen LogP contribution in [0.15, 0.2) is 18.2 Å². The lowest BCUT2D eigenvalue weighted by Gasteiger charge is -2.21. The minimum Gasteiger partial charge on any atom is -0.496 e. The van der Waals surface area contributed by atoms with Crippen molar-refractivity contribution in [3.63, 3.8) is 0 Å². The highest BCUT2D eigenvalue weighted by atomic mass is 16.5. The van der Waals surface area contributed by atoms with Crippen molar-refractivity contribution in [2.75, 3.05) is 7.11 Å². The molecule has 0 N–H and O–H groups in total. The third-order valence-corrected chi connectivity index (χ3v) is 3.60. The lowest BCUT2D eigenvalue weighted by Crippen LogP contribution is -2.18. The normalized spacial score (nSPS) is 16.8. The van der Waals surface area contributed by atoms with Gasteiger partial charge in [0, 0.05) is 5.92 Å². The molecule has 17 heavy (non-hydrogen) atoms. The van der Waals surface area contributed by atoms with Gasteiger partial charge < -0.3 is 4.74 Å². The van der Waals surface area contributed by atoms with Gasteiger partial charge in [-0.15, -0.1) is 0 Å². The number of rotatable bonds is 3. The van der Waals surface area contributed by atoms with E-state index in [1.165, 1.54) is 19.3 Å². The van der Waals surface area contributed by atoms with E-state index in [9.17, 15) is 4.79 Å². The van der Waals surface area contributed by atoms with Gasteiger partial charge in [-0.1, -0.05) is 25.3 Å². The number of ketones is 1. The lowest BCUT2D eigenvalue weighted by atomic mass is 9.83. The molecule has 2 nitrogen and oxygen atoms in total. The van der Waals surface area contributed by atoms with Gasteiger partial charge in [-0.3, -0.25) is 4.79 Å². The highest BCUT2D eigenvalue weighted by Crippen LogP contribution is 2.30. The van der Waals surface area contributed by atoms with Crippen molar-refractivity contribution in [2.45, 2.75) is 39.0 Å². The number of hydrogen-bond donors (Lipinski definition) is 0. The highest BCUT2D eigenvalue weighted by molar-refractivity contribution is 6.00. The summed E-state index contributed by atoms with van der Waals surface area (Å²) in [5.74, 6) is 1.20. The first-order chi connectivity index (χ1) is 8.22. The molecular weight excluding hydrogens is 212 g/mol. The quantitative estimate of drug-likeness (QED) is 0.741. The Labute approximate surface area is 103 Å². The van der Waals surface area contributed by atoms with Crippen LogP contribution in [0.5, 0.6) is 5.75 Å². The zero-order valence-corrected chi connectivity index (χ0v) is 10.7. The molecule has 1 aromatic carbocycles. The van der Waals surface area contributed by atoms with Gasteiger partial charge in [-0.25, -0.2) is 0 Å². The molecule has 0 aliphatic heterocycles. The zero-order valence-electron chi connectivity index (χ0n) is 10.7. The number of carbonyl (C=O) groups is 1. The summed E-state index contributed by atoms with van der Waals surface area (Å²) in [6.45, 7) is 2.01. The van der Waals surface area contributed by atoms with Crippen molar-refractivity contribution in [3.05, 3.63) is 29.3 Å². The predicted molar refractivity (Wildman–Crippen MR) is 68.6 cm³/mol. The monoisotopic (exact) mass is 232 g/mol. The van der Waals surface area contributed by atoms with Crippen molar-refractivity contribution < 1.29 is 9.53 Å². The average molecular weight is 232 g/mol. The molecule has 92 valence electrons. The highest BCUT2D eigenvalue weighted by Gasteiger charge is 2.24. The summed E-state index contributed by atoms with van der Waals surface area (Å²) in [7, 11) is 1.63. The van der Waals surface area contributed by atoms with Crippen molar-refractivity contribution in [1.29, 1.82) is 0 Å². The van der Waals surface area contributed by atoms with Crippen LogP contribution in [-0.2, 0) is 0 Å². The zero-order chi connectivity index (χ0) is 12.3. The fourth-order valence-electron chi connectivity index (χ4n) is 2.59. The Kier molecular flexibility index (Phi) is 3.82. The van der Waals surface area contributed by atoms with Gasteiger partial charge in [0.15, 0.2) is 5.78 Å². The standard InChI is InChI=1S/C15H20O2/c1-11-8-9-13(14(10-11)17-2)15(16)12-6-4-3-5-7-12/h8-10,12H,3-7H2,1-2H3. The van der Waals surface area contributed by atoms with E-state index < -0.39 is 0 Å². The van der Waals surface area contributed by atoms with E-state index in [1.54, 1.807) is 7.11 Å². The topological polar surface area (TPSA) is 26.3 Å². The van der Waals surface area contributed by atoms with Crippen LogP contribution >= 0.6 is 0 Å². The smallest absolute Gasteiger partial charge is 0.169 e. The van der Waals surface area contributed by atoms with Crippen LogP contribution in [0, 0.1) is 12.8 Å². The van der Waals surface area contributed by atoms with Gasteiger partial charge in [-0.05, 0) is 37.5 Å². The van der Waals surface area contributed by atoms with Crippen molar-refractivity contribution in [2.24, 2.45) is 5.92 Å². The summed E-state index contributed by atoms with van der Waals surface area (Å²) in [4.78, 5) is 12.4. The third-order valence-electron chi connectivity index (χ3n) is 3.60. The summed E-state index contributed by atoms with van der Waals surface area (Å²) >= 11 is 0. The molecule has 2 heteroatoms. The molecule has 1 aromatic rings. The van der Waals surface area contributed by atoms with E-state index in [2.05, 4.69) is 0 Å². The Morgan fingerprint density at radius 1 is 1.24 bits per heavy atom. The van der Waals surface area contributed by atoms with Crippen molar-refractivity contribution in [3.8, 4) is 5.75 Å². The van der Waals surface area contributed by atoms with Crippen molar-refractivity contribution in [1.82, 2.24) is 0 Å². The summed E-state index contributed by atoms with van der Waals surface area (Å²) < 4.78 is 5.32. The molecule has 0 saturated heterocycles. The molecular formula is C15H20O2. The van der Waals surface area contributed by atoms with Crippen LogP contribution in [0.25, 0.3) is 0 Å². The summed E-state index contributed by atoms with van der Waals surface area (Å²) in [5, 5.41) is 0. The minimum atomic E-state index is 0.209. The Morgan fingerprint density at radius 3 is 2.59 bits per heavy atom. The van der Waals surface area contributed by atoms with Gasteiger partial charge in [0.2, 0.25) is 0 Å². The van der Waals surface area contributed by atoms with E-state index in [-0.39, 0.29) is 11.7 Å². The first-order valence-electron chi connectivity index (χ1n) is 6.41. The molecule has 0 bridgehead atoms. The molecule has 0 amide bonds. The second-order valence-electron chi connectivity index (χ2n) is 4.90. The van der Waals surface area contributed by atoms with Gasteiger partial charge >= 0.3 is 0 Å². The summed E-state index contributed by atoms with van der Waals surface area (Å²) in [6.07, 6.45) is 5.72. The summed E-state index contributed by atoms with van der Waals surface area (Å²) in [5.41, 5.74) is 1.88. The molecule has 0 spiro atoms. The molecule has 0 atom stereocenters. The number of benzene rings is 1. The van der Waals surface area contributed by atoms with Gasteiger partial charge in [0.05, 0.1) is 12.7 Å². The maximum atomic E-state index is 12.4. The van der Waals surface area contributed by atoms with Crippen molar-refractivity contribution >= 4 is 5.78 Å². The first-order valence-corrected chi connectivity index (χ1v) is 6.41. The van der Waals surface area contributed by atoms with Crippen LogP contribution in [0.1, 0.15) is 48.0 Å². The maximum absolute atomic E-state index is 12.4. The second-order valence-corrected chi connectivity index (χ2v) is 4.90. The summed E-state index contributed by atoms with van der Waals surface area (Å²) in [6, 6.07) is 5.83. The molecule has 2 rings (SSSR count). The largest absolute Gasteiger partial charge is 0.496 e. The Balaban J connectivity index is 2.23. The van der Waals surface area contributed by atoms with Crippen LogP contribution in [0.4, 0.5) is 0 Å². The maximum Gasteiger partial charge on any atom is 0.169 e. The van der Waals surface area contributed by atoms with E-state index in [0.717, 1.165) is 29.7 Å². The number of hydrogen-bond acceptors (Lipinski definition) is 2. The third kappa shape index (κ3) is 2.68. The molecule has 1 fully saturated rings. The first kappa shape index (κ1) is 12.2. The second kappa shape index (κ2) is 5.35. The van der Waals surface area contributed by atoms with E-state index in [4.69, 9.17) is 4.74 Å². The molecule has 1 saturated carbocycles. The number of Topliss-reactive ketones (excluding diaryl/α,β-unsaturated/α-hetero) is 1. The Bertz CT molecular complexity index is 403. The number of carbonyl (C=O) groups excluding carboxylic acids is 1. The number of methoxy groups -OCH3 is 1.